The molecule has 0 radical (unpaired) electrons. The molecular weight excluding hydrogens is 439 g/mol. The van der Waals surface area contributed by atoms with E-state index in [2.05, 4.69) is 16.0 Å². The number of nitrogens with one attached hydrogen (secondary N) is 3. The molecule has 0 heterocycles. The molecule has 0 aromatic heterocycles. The Kier molecular flexibility index (Phi) is 8.44. The Morgan fingerprint density at radius 2 is 1.55 bits per heavy atom. The minimum absolute atomic E-state index is 0.0289. The van der Waals surface area contributed by atoms with Crippen LogP contribution in [0.15, 0.2) is 48.5 Å². The number of rotatable bonds is 7. The Hall–Kier alpha value is -3.56. The van der Waals surface area contributed by atoms with Crippen LogP contribution in [0.4, 0.5) is 23.7 Å². The van der Waals surface area contributed by atoms with Crippen molar-refractivity contribution < 1.29 is 32.3 Å². The third-order valence-corrected chi connectivity index (χ3v) is 4.23. The van der Waals surface area contributed by atoms with E-state index in [-0.39, 0.29) is 19.5 Å². The van der Waals surface area contributed by atoms with Crippen molar-refractivity contribution in [2.24, 2.45) is 0 Å². The van der Waals surface area contributed by atoms with E-state index in [1.807, 2.05) is 0 Å². The number of carbonyl (C=O) groups is 3. The summed E-state index contributed by atoms with van der Waals surface area (Å²) in [5, 5.41) is 7.60. The number of halogens is 3. The highest BCUT2D eigenvalue weighted by atomic mass is 19.4. The maximum absolute atomic E-state index is 13.2. The van der Waals surface area contributed by atoms with Crippen LogP contribution in [0.1, 0.15) is 48.7 Å². The molecule has 0 saturated carbocycles. The number of alkyl halides is 3. The van der Waals surface area contributed by atoms with Crippen LogP contribution in [0.25, 0.3) is 0 Å². The lowest BCUT2D eigenvalue weighted by atomic mass is 10.1. The minimum Gasteiger partial charge on any atom is -0.444 e. The largest absolute Gasteiger partial charge is 0.444 e. The van der Waals surface area contributed by atoms with Gasteiger partial charge in [0.2, 0.25) is 5.91 Å². The molecule has 2 aromatic rings. The summed E-state index contributed by atoms with van der Waals surface area (Å²) in [4.78, 5) is 36.2. The third kappa shape index (κ3) is 8.47. The van der Waals surface area contributed by atoms with Gasteiger partial charge in [-0.2, -0.15) is 13.2 Å². The number of carbonyl (C=O) groups excluding carboxylic acids is 3. The van der Waals surface area contributed by atoms with Gasteiger partial charge >= 0.3 is 12.3 Å². The van der Waals surface area contributed by atoms with Crippen molar-refractivity contribution in [2.75, 3.05) is 11.9 Å². The summed E-state index contributed by atoms with van der Waals surface area (Å²) in [6, 6.07) is 11.1. The minimum atomic E-state index is -4.66. The number of anilines is 1. The van der Waals surface area contributed by atoms with Crippen molar-refractivity contribution in [3.63, 3.8) is 0 Å². The standard InChI is InChI=1S/C23H26F3N3O4/c1-22(2,3)33-21(32)27-13-12-19(30)29-18-11-7-4-8-15(18)14-28-20(31)16-9-5-6-10-17(16)23(24,25)26/h4-11H,12-14H2,1-3H3,(H,27,32)(H,28,31)(H,29,30). The highest BCUT2D eigenvalue weighted by Crippen LogP contribution is 2.31. The van der Waals surface area contributed by atoms with Gasteiger partial charge in [0.25, 0.3) is 5.91 Å². The van der Waals surface area contributed by atoms with Gasteiger partial charge in [-0.3, -0.25) is 9.59 Å². The monoisotopic (exact) mass is 465 g/mol. The van der Waals surface area contributed by atoms with Crippen molar-refractivity contribution in [1.82, 2.24) is 10.6 Å². The van der Waals surface area contributed by atoms with Crippen molar-refractivity contribution in [1.29, 1.82) is 0 Å². The molecule has 0 saturated heterocycles. The highest BCUT2D eigenvalue weighted by molar-refractivity contribution is 5.96. The van der Waals surface area contributed by atoms with Gasteiger partial charge in [0.1, 0.15) is 5.60 Å². The van der Waals surface area contributed by atoms with Gasteiger partial charge in [0.05, 0.1) is 11.1 Å². The second-order valence-corrected chi connectivity index (χ2v) is 8.11. The van der Waals surface area contributed by atoms with E-state index in [9.17, 15) is 27.6 Å². The molecule has 0 unspecified atom stereocenters. The average molecular weight is 465 g/mol. The van der Waals surface area contributed by atoms with Gasteiger partial charge in [-0.05, 0) is 44.5 Å². The molecule has 0 fully saturated rings. The van der Waals surface area contributed by atoms with Gasteiger partial charge < -0.3 is 20.7 Å². The average Bonchev–Trinajstić information content (AvgIpc) is 2.71. The van der Waals surface area contributed by atoms with Crippen LogP contribution >= 0.6 is 0 Å². The Balaban J connectivity index is 1.95. The first-order valence-corrected chi connectivity index (χ1v) is 10.2. The number of hydrogen-bond acceptors (Lipinski definition) is 4. The lowest BCUT2D eigenvalue weighted by Crippen LogP contribution is -2.34. The second-order valence-electron chi connectivity index (χ2n) is 8.11. The molecule has 2 aromatic carbocycles. The zero-order chi connectivity index (χ0) is 24.6. The molecule has 3 amide bonds. The molecule has 0 bridgehead atoms. The van der Waals surface area contributed by atoms with Gasteiger partial charge in [-0.1, -0.05) is 30.3 Å². The predicted molar refractivity (Wildman–Crippen MR) is 117 cm³/mol. The summed E-state index contributed by atoms with van der Waals surface area (Å²) in [5.41, 5.74) is -1.27. The van der Waals surface area contributed by atoms with Crippen LogP contribution in [-0.2, 0) is 22.3 Å². The van der Waals surface area contributed by atoms with Crippen LogP contribution in [0.3, 0.4) is 0 Å². The molecule has 0 spiro atoms. The van der Waals surface area contributed by atoms with E-state index >= 15 is 0 Å². The third-order valence-electron chi connectivity index (χ3n) is 4.23. The number of ether oxygens (including phenoxy) is 1. The van der Waals surface area contributed by atoms with Gasteiger partial charge in [-0.15, -0.1) is 0 Å². The molecular formula is C23H26F3N3O4. The first-order chi connectivity index (χ1) is 15.4. The SMILES string of the molecule is CC(C)(C)OC(=O)NCCC(=O)Nc1ccccc1CNC(=O)c1ccccc1C(F)(F)F. The Bertz CT molecular complexity index is 1000. The molecule has 2 rings (SSSR count). The zero-order valence-electron chi connectivity index (χ0n) is 18.5. The molecule has 7 nitrogen and oxygen atoms in total. The number of alkyl carbamates (subject to hydrolysis) is 1. The number of hydrogen-bond donors (Lipinski definition) is 3. The van der Waals surface area contributed by atoms with E-state index in [0.29, 0.717) is 11.3 Å². The maximum atomic E-state index is 13.2. The fourth-order valence-electron chi connectivity index (χ4n) is 2.80. The highest BCUT2D eigenvalue weighted by Gasteiger charge is 2.34. The quantitative estimate of drug-likeness (QED) is 0.562. The van der Waals surface area contributed by atoms with E-state index in [0.717, 1.165) is 12.1 Å². The van der Waals surface area contributed by atoms with Crippen molar-refractivity contribution in [2.45, 2.75) is 45.5 Å². The smallest absolute Gasteiger partial charge is 0.417 e. The number of benzene rings is 2. The summed E-state index contributed by atoms with van der Waals surface area (Å²) < 4.78 is 44.5. The van der Waals surface area contributed by atoms with Gasteiger partial charge in [0.15, 0.2) is 0 Å². The van der Waals surface area contributed by atoms with Crippen molar-refractivity contribution in [3.05, 3.63) is 65.2 Å². The van der Waals surface area contributed by atoms with Crippen molar-refractivity contribution >= 4 is 23.6 Å². The fraction of sp³-hybridized carbons (Fsp3) is 0.348. The normalized spacial score (nSPS) is 11.5. The summed E-state index contributed by atoms with van der Waals surface area (Å²) in [6.45, 7) is 5.11. The molecule has 0 aliphatic carbocycles. The van der Waals surface area contributed by atoms with Crippen LogP contribution in [0, 0.1) is 0 Å². The maximum Gasteiger partial charge on any atom is 0.417 e. The number of para-hydroxylation sites is 1. The molecule has 10 heteroatoms. The summed E-state index contributed by atoms with van der Waals surface area (Å²) in [6.07, 6.45) is -5.33. The summed E-state index contributed by atoms with van der Waals surface area (Å²) in [7, 11) is 0. The predicted octanol–water partition coefficient (Wildman–Crippen LogP) is 4.49. The second kappa shape index (κ2) is 10.8. The van der Waals surface area contributed by atoms with Crippen LogP contribution < -0.4 is 16.0 Å². The molecule has 33 heavy (non-hydrogen) atoms. The lowest BCUT2D eigenvalue weighted by molar-refractivity contribution is -0.138. The van der Waals surface area contributed by atoms with Gasteiger partial charge in [-0.25, -0.2) is 4.79 Å². The zero-order valence-corrected chi connectivity index (χ0v) is 18.5. The van der Waals surface area contributed by atoms with Crippen molar-refractivity contribution in [3.8, 4) is 0 Å². The van der Waals surface area contributed by atoms with E-state index in [1.165, 1.54) is 12.1 Å². The molecule has 0 atom stereocenters. The molecule has 0 aliphatic heterocycles. The Morgan fingerprint density at radius 1 is 0.909 bits per heavy atom. The van der Waals surface area contributed by atoms with Gasteiger partial charge in [0, 0.05) is 25.2 Å². The fourth-order valence-corrected chi connectivity index (χ4v) is 2.80. The van der Waals surface area contributed by atoms with E-state index in [4.69, 9.17) is 4.74 Å². The van der Waals surface area contributed by atoms with E-state index in [1.54, 1.807) is 45.0 Å². The topological polar surface area (TPSA) is 96.5 Å². The summed E-state index contributed by atoms with van der Waals surface area (Å²) in [5.74, 6) is -1.28. The molecule has 3 N–H and O–H groups in total. The Morgan fingerprint density at radius 3 is 2.21 bits per heavy atom. The van der Waals surface area contributed by atoms with Crippen LogP contribution in [-0.4, -0.2) is 30.1 Å². The van der Waals surface area contributed by atoms with Crippen LogP contribution in [0.5, 0.6) is 0 Å². The molecule has 178 valence electrons. The van der Waals surface area contributed by atoms with Crippen LogP contribution in [0.2, 0.25) is 0 Å². The first kappa shape index (κ1) is 25.7. The molecule has 0 aliphatic rings. The first-order valence-electron chi connectivity index (χ1n) is 10.2. The summed E-state index contributed by atoms with van der Waals surface area (Å²) >= 11 is 0. The van der Waals surface area contributed by atoms with E-state index < -0.39 is 40.8 Å². The lowest BCUT2D eigenvalue weighted by Gasteiger charge is -2.19. The Labute approximate surface area is 189 Å². The number of amides is 3.